The van der Waals surface area contributed by atoms with Crippen LogP contribution in [0.3, 0.4) is 0 Å². The van der Waals surface area contributed by atoms with Crippen molar-refractivity contribution in [3.63, 3.8) is 0 Å². The largest absolute Gasteiger partial charge is 0.480 e. The Kier molecular flexibility index (Phi) is 39.8. The van der Waals surface area contributed by atoms with E-state index in [1.165, 1.54) is 140 Å². The van der Waals surface area contributed by atoms with Crippen molar-refractivity contribution in [1.82, 2.24) is 16.0 Å². The number of hydrogen-bond donors (Lipinski definition) is 4. The Labute approximate surface area is 341 Å². The molecule has 55 heavy (non-hydrogen) atoms. The maximum Gasteiger partial charge on any atom is 0.407 e. The van der Waals surface area contributed by atoms with Gasteiger partial charge in [-0.25, -0.2) is 14.4 Å². The summed E-state index contributed by atoms with van der Waals surface area (Å²) in [5.74, 6) is -1.05. The lowest BCUT2D eigenvalue weighted by Crippen LogP contribution is -2.43. The third-order valence-corrected chi connectivity index (χ3v) is 11.2. The fourth-order valence-electron chi connectivity index (χ4n) is 6.49. The lowest BCUT2D eigenvalue weighted by molar-refractivity contribution is -0.141. The van der Waals surface area contributed by atoms with Crippen LogP contribution in [-0.2, 0) is 19.1 Å². The van der Waals surface area contributed by atoms with Gasteiger partial charge in [-0.1, -0.05) is 188 Å². The first-order chi connectivity index (χ1) is 26.8. The summed E-state index contributed by atoms with van der Waals surface area (Å²) < 4.78 is 11.0. The van der Waals surface area contributed by atoms with Crippen molar-refractivity contribution in [2.24, 2.45) is 0 Å². The Morgan fingerprint density at radius 2 is 0.891 bits per heavy atom. The second-order valence-electron chi connectivity index (χ2n) is 15.4. The van der Waals surface area contributed by atoms with E-state index in [4.69, 9.17) is 9.47 Å². The molecule has 0 aliphatic heterocycles. The molecule has 0 heterocycles. The molecule has 0 aromatic heterocycles. The fourth-order valence-corrected chi connectivity index (χ4v) is 7.51. The molecule has 4 N–H and O–H groups in total. The number of thioether (sulfide) groups is 1. The summed E-state index contributed by atoms with van der Waals surface area (Å²) in [5, 5.41) is 18.0. The topological polar surface area (TPSA) is 143 Å². The SMILES string of the molecule is CCCCCCCCCCCCCCCC(=O)N[C@@H](CSC[C@H](COC(=O)NCCCCCCCCCC)OC(=O)NCCCCCCCCCC)C(=O)O. The summed E-state index contributed by atoms with van der Waals surface area (Å²) in [6.07, 6.45) is 32.9. The monoisotopic (exact) mass is 800 g/mol. The molecular formula is C44H85N3O7S. The third kappa shape index (κ3) is 38.5. The molecule has 0 aromatic rings. The first-order valence-electron chi connectivity index (χ1n) is 22.8. The summed E-state index contributed by atoms with van der Waals surface area (Å²) in [6.45, 7) is 7.54. The van der Waals surface area contributed by atoms with Crippen LogP contribution in [-0.4, -0.2) is 72.5 Å². The average Bonchev–Trinajstić information content (AvgIpc) is 3.16. The van der Waals surface area contributed by atoms with Gasteiger partial charge in [0.25, 0.3) is 0 Å². The number of nitrogens with one attached hydrogen (secondary N) is 3. The fraction of sp³-hybridized carbons (Fsp3) is 0.909. The van der Waals surface area contributed by atoms with E-state index in [1.54, 1.807) is 0 Å². The second-order valence-corrected chi connectivity index (χ2v) is 16.5. The molecule has 0 fully saturated rings. The lowest BCUT2D eigenvalue weighted by Gasteiger charge is -2.20. The number of amides is 3. The number of aliphatic carboxylic acids is 1. The van der Waals surface area contributed by atoms with Crippen molar-refractivity contribution in [3.05, 3.63) is 0 Å². The van der Waals surface area contributed by atoms with Gasteiger partial charge in [0.2, 0.25) is 5.91 Å². The van der Waals surface area contributed by atoms with Crippen LogP contribution in [0.25, 0.3) is 0 Å². The Balaban J connectivity index is 4.57. The second kappa shape index (κ2) is 41.5. The van der Waals surface area contributed by atoms with Crippen molar-refractivity contribution in [2.45, 2.75) is 226 Å². The van der Waals surface area contributed by atoms with Crippen molar-refractivity contribution < 1.29 is 33.8 Å². The number of ether oxygens (including phenoxy) is 2. The van der Waals surface area contributed by atoms with E-state index in [1.807, 2.05) is 0 Å². The van der Waals surface area contributed by atoms with Crippen LogP contribution in [0.5, 0.6) is 0 Å². The van der Waals surface area contributed by atoms with E-state index in [-0.39, 0.29) is 24.0 Å². The van der Waals surface area contributed by atoms with Crippen LogP contribution in [0, 0.1) is 0 Å². The molecule has 0 saturated heterocycles. The van der Waals surface area contributed by atoms with Gasteiger partial charge in [-0.05, 0) is 19.3 Å². The molecule has 324 valence electrons. The molecule has 0 aliphatic carbocycles. The summed E-state index contributed by atoms with van der Waals surface area (Å²) >= 11 is 1.25. The maximum absolute atomic E-state index is 12.6. The normalized spacial score (nSPS) is 12.2. The quantitative estimate of drug-likeness (QED) is 0.0448. The highest BCUT2D eigenvalue weighted by atomic mass is 32.2. The van der Waals surface area contributed by atoms with Gasteiger partial charge in [0.15, 0.2) is 0 Å². The van der Waals surface area contributed by atoms with Gasteiger partial charge in [-0.2, -0.15) is 11.8 Å². The molecule has 0 bridgehead atoms. The van der Waals surface area contributed by atoms with Crippen molar-refractivity contribution in [2.75, 3.05) is 31.2 Å². The smallest absolute Gasteiger partial charge is 0.407 e. The van der Waals surface area contributed by atoms with Crippen molar-refractivity contribution in [3.8, 4) is 0 Å². The zero-order chi connectivity index (χ0) is 40.5. The summed E-state index contributed by atoms with van der Waals surface area (Å²) in [7, 11) is 0. The third-order valence-electron chi connectivity index (χ3n) is 10.0. The van der Waals surface area contributed by atoms with Gasteiger partial charge >= 0.3 is 18.2 Å². The highest BCUT2D eigenvalue weighted by Gasteiger charge is 2.23. The number of carbonyl (C=O) groups is 4. The standard InChI is InChI=1S/C44H85N3O7S/c1-4-7-10-13-16-19-20-21-22-23-24-27-30-33-41(48)47-40(42(49)50)38-55-37-39(54-44(52)46-35-32-29-26-18-15-12-9-6-3)36-53-43(51)45-34-31-28-25-17-14-11-8-5-2/h39-40H,4-38H2,1-3H3,(H,45,51)(H,46,52)(H,47,48)(H,49,50)/t39-,40-/m0/s1. The average molecular weight is 800 g/mol. The predicted molar refractivity (Wildman–Crippen MR) is 230 cm³/mol. The van der Waals surface area contributed by atoms with Gasteiger partial charge in [-0.3, -0.25) is 4.79 Å². The zero-order valence-electron chi connectivity index (χ0n) is 35.7. The van der Waals surface area contributed by atoms with Crippen LogP contribution >= 0.6 is 11.8 Å². The lowest BCUT2D eigenvalue weighted by atomic mass is 10.0. The number of rotatable bonds is 41. The minimum absolute atomic E-state index is 0.101. The molecule has 0 rings (SSSR count). The van der Waals surface area contributed by atoms with E-state index in [0.29, 0.717) is 19.5 Å². The van der Waals surface area contributed by atoms with Gasteiger partial charge in [0, 0.05) is 31.0 Å². The molecule has 11 heteroatoms. The highest BCUT2D eigenvalue weighted by Crippen LogP contribution is 2.15. The molecule has 2 atom stereocenters. The number of carboxylic acids is 1. The van der Waals surface area contributed by atoms with Crippen molar-refractivity contribution in [1.29, 1.82) is 0 Å². The minimum Gasteiger partial charge on any atom is -0.480 e. The van der Waals surface area contributed by atoms with Crippen LogP contribution in [0.1, 0.15) is 213 Å². The van der Waals surface area contributed by atoms with E-state index in [2.05, 4.69) is 36.7 Å². The summed E-state index contributed by atoms with van der Waals surface area (Å²) in [5.41, 5.74) is 0. The Bertz CT molecular complexity index is 911. The van der Waals surface area contributed by atoms with E-state index in [9.17, 15) is 24.3 Å². The molecule has 0 radical (unpaired) electrons. The molecule has 0 unspecified atom stereocenters. The molecular weight excluding hydrogens is 715 g/mol. The molecule has 0 spiro atoms. The van der Waals surface area contributed by atoms with Crippen molar-refractivity contribution >= 4 is 35.8 Å². The number of carboxylic acid groups (broad SMARTS) is 1. The molecule has 0 aromatic carbocycles. The molecule has 0 aliphatic rings. The number of alkyl carbamates (subject to hydrolysis) is 2. The van der Waals surface area contributed by atoms with Gasteiger partial charge in [0.1, 0.15) is 18.8 Å². The summed E-state index contributed by atoms with van der Waals surface area (Å²) in [6, 6.07) is -1.06. The van der Waals surface area contributed by atoms with E-state index in [0.717, 1.165) is 57.8 Å². The summed E-state index contributed by atoms with van der Waals surface area (Å²) in [4.78, 5) is 49.6. The number of hydrogen-bond acceptors (Lipinski definition) is 7. The van der Waals surface area contributed by atoms with E-state index >= 15 is 0 Å². The molecule has 10 nitrogen and oxygen atoms in total. The first-order valence-corrected chi connectivity index (χ1v) is 23.9. The van der Waals surface area contributed by atoms with E-state index < -0.39 is 30.3 Å². The Morgan fingerprint density at radius 3 is 1.31 bits per heavy atom. The zero-order valence-corrected chi connectivity index (χ0v) is 36.5. The van der Waals surface area contributed by atoms with Gasteiger partial charge in [0.05, 0.1) is 0 Å². The molecule has 0 saturated carbocycles. The number of carbonyl (C=O) groups excluding carboxylic acids is 3. The molecule has 3 amide bonds. The van der Waals surface area contributed by atoms with Gasteiger partial charge < -0.3 is 30.5 Å². The minimum atomic E-state index is -1.11. The maximum atomic E-state index is 12.6. The Hall–Kier alpha value is -2.17. The Morgan fingerprint density at radius 1 is 0.509 bits per heavy atom. The van der Waals surface area contributed by atoms with Gasteiger partial charge in [-0.15, -0.1) is 0 Å². The number of unbranched alkanes of at least 4 members (excludes halogenated alkanes) is 26. The van der Waals surface area contributed by atoms with Crippen LogP contribution in [0.4, 0.5) is 9.59 Å². The van der Waals surface area contributed by atoms with Crippen LogP contribution < -0.4 is 16.0 Å². The predicted octanol–water partition coefficient (Wildman–Crippen LogP) is 11.9. The highest BCUT2D eigenvalue weighted by molar-refractivity contribution is 7.99. The van der Waals surface area contributed by atoms with Crippen LogP contribution in [0.15, 0.2) is 0 Å². The van der Waals surface area contributed by atoms with Crippen LogP contribution in [0.2, 0.25) is 0 Å². The first kappa shape index (κ1) is 52.8.